The van der Waals surface area contributed by atoms with Crippen LogP contribution in [0.25, 0.3) is 0 Å². The molecule has 1 amide bonds. The van der Waals surface area contributed by atoms with E-state index in [1.54, 1.807) is 0 Å². The molecule has 1 saturated carbocycles. The Labute approximate surface area is 236 Å². The molecule has 222 valence electrons. The lowest BCUT2D eigenvalue weighted by Crippen LogP contribution is -2.43. The highest BCUT2D eigenvalue weighted by Gasteiger charge is 2.31. The van der Waals surface area contributed by atoms with Crippen LogP contribution in [0.1, 0.15) is 69.4 Å². The van der Waals surface area contributed by atoms with Crippen LogP contribution >= 0.6 is 0 Å². The Morgan fingerprint density at radius 2 is 1.62 bits per heavy atom. The molecule has 0 unspecified atom stereocenters. The minimum Gasteiger partial charge on any atom is -0.445 e. The number of unbranched alkanes of at least 4 members (excludes halogenated alkanes) is 3. The summed E-state index contributed by atoms with van der Waals surface area (Å²) in [5.41, 5.74) is 0.729. The number of halogens is 3. The Morgan fingerprint density at radius 3 is 2.33 bits per heavy atom. The van der Waals surface area contributed by atoms with Gasteiger partial charge in [0.15, 0.2) is 11.6 Å². The molecule has 40 heavy (non-hydrogen) atoms. The molecule has 0 aromatic heterocycles. The van der Waals surface area contributed by atoms with Gasteiger partial charge in [0.05, 0.1) is 19.3 Å². The first-order valence-electron chi connectivity index (χ1n) is 14.5. The fourth-order valence-corrected chi connectivity index (χ4v) is 5.15. The number of carbonyl (C=O) groups excluding carboxylic acids is 1. The summed E-state index contributed by atoms with van der Waals surface area (Å²) in [7, 11) is 0. The first-order chi connectivity index (χ1) is 19.4. The Balaban J connectivity index is 1.48. The molecular formula is C31H43F3N2O4. The molecule has 3 rings (SSSR count). The average molecular weight is 565 g/mol. The predicted molar refractivity (Wildman–Crippen MR) is 148 cm³/mol. The molecule has 2 aromatic rings. The number of amides is 1. The van der Waals surface area contributed by atoms with Gasteiger partial charge < -0.3 is 24.4 Å². The monoisotopic (exact) mass is 564 g/mol. The van der Waals surface area contributed by atoms with E-state index in [9.17, 15) is 18.0 Å². The van der Waals surface area contributed by atoms with Crippen LogP contribution in [-0.4, -0.2) is 66.0 Å². The van der Waals surface area contributed by atoms with Crippen LogP contribution in [0.4, 0.5) is 18.0 Å². The smallest absolute Gasteiger partial charge is 0.410 e. The van der Waals surface area contributed by atoms with Gasteiger partial charge in [-0.3, -0.25) is 0 Å². The number of likely N-dealkylation sites (N-methyl/N-ethyl adjacent to an activating group) is 1. The van der Waals surface area contributed by atoms with Gasteiger partial charge in [-0.25, -0.2) is 18.0 Å². The van der Waals surface area contributed by atoms with Crippen molar-refractivity contribution < 1.29 is 32.5 Å². The fourth-order valence-electron chi connectivity index (χ4n) is 5.15. The summed E-state index contributed by atoms with van der Waals surface area (Å²) < 4.78 is 53.4. The molecule has 1 aliphatic carbocycles. The summed E-state index contributed by atoms with van der Waals surface area (Å²) in [6.45, 7) is 5.51. The van der Waals surface area contributed by atoms with E-state index in [1.807, 2.05) is 30.3 Å². The Kier molecular flexibility index (Phi) is 13.8. The number of aliphatic hydroxyl groups is 1. The van der Waals surface area contributed by atoms with Gasteiger partial charge in [0.25, 0.3) is 0 Å². The van der Waals surface area contributed by atoms with Crippen molar-refractivity contribution in [2.75, 3.05) is 32.8 Å². The molecule has 1 N–H and O–H groups in total. The minimum atomic E-state index is -1.26. The number of nitrogens with zero attached hydrogens (tertiary/aromatic N) is 2. The van der Waals surface area contributed by atoms with Crippen molar-refractivity contribution in [1.29, 1.82) is 0 Å². The highest BCUT2D eigenvalue weighted by Crippen LogP contribution is 2.28. The molecule has 2 aromatic carbocycles. The zero-order valence-corrected chi connectivity index (χ0v) is 23.5. The lowest BCUT2D eigenvalue weighted by atomic mass is 9.91. The lowest BCUT2D eigenvalue weighted by molar-refractivity contribution is 0.00178. The molecule has 0 saturated heterocycles. The maximum atomic E-state index is 14.5. The summed E-state index contributed by atoms with van der Waals surface area (Å²) >= 11 is 0. The number of hydrogen-bond acceptors (Lipinski definition) is 5. The lowest BCUT2D eigenvalue weighted by Gasteiger charge is -2.36. The molecule has 0 bridgehead atoms. The number of benzene rings is 2. The summed E-state index contributed by atoms with van der Waals surface area (Å²) in [5, 5.41) is 9.08. The number of rotatable bonds is 16. The largest absolute Gasteiger partial charge is 0.445 e. The van der Waals surface area contributed by atoms with Crippen molar-refractivity contribution in [2.24, 2.45) is 0 Å². The van der Waals surface area contributed by atoms with Crippen LogP contribution in [0, 0.1) is 17.5 Å². The van der Waals surface area contributed by atoms with Crippen molar-refractivity contribution in [3.05, 3.63) is 71.0 Å². The third-order valence-corrected chi connectivity index (χ3v) is 7.54. The second-order valence-corrected chi connectivity index (χ2v) is 10.4. The second kappa shape index (κ2) is 17.3. The van der Waals surface area contributed by atoms with Crippen molar-refractivity contribution >= 4 is 6.09 Å². The molecular weight excluding hydrogens is 521 g/mol. The van der Waals surface area contributed by atoms with Gasteiger partial charge in [0.1, 0.15) is 12.4 Å². The van der Waals surface area contributed by atoms with E-state index in [0.29, 0.717) is 25.5 Å². The molecule has 9 heteroatoms. The van der Waals surface area contributed by atoms with Crippen molar-refractivity contribution in [1.82, 2.24) is 9.80 Å². The zero-order valence-electron chi connectivity index (χ0n) is 23.5. The zero-order chi connectivity index (χ0) is 28.7. The van der Waals surface area contributed by atoms with E-state index in [1.165, 1.54) is 4.90 Å². The first-order valence-corrected chi connectivity index (χ1v) is 14.5. The van der Waals surface area contributed by atoms with E-state index in [-0.39, 0.29) is 37.5 Å². The first kappa shape index (κ1) is 31.9. The van der Waals surface area contributed by atoms with Gasteiger partial charge in [0.2, 0.25) is 0 Å². The van der Waals surface area contributed by atoms with E-state index >= 15 is 0 Å². The number of ether oxygens (including phenoxy) is 2. The summed E-state index contributed by atoms with van der Waals surface area (Å²) in [5.74, 6) is -3.31. The highest BCUT2D eigenvalue weighted by molar-refractivity contribution is 5.68. The van der Waals surface area contributed by atoms with E-state index in [2.05, 4.69) is 11.8 Å². The number of aliphatic hydroxyl groups excluding tert-OH is 1. The highest BCUT2D eigenvalue weighted by atomic mass is 19.2. The van der Waals surface area contributed by atoms with Gasteiger partial charge in [-0.2, -0.15) is 0 Å². The molecule has 6 nitrogen and oxygen atoms in total. The molecule has 0 heterocycles. The molecule has 1 aliphatic rings. The SMILES string of the molecule is CCN(CCO)CCCCCCOC1CCC(N(Cc2cc(F)c(F)cc2F)C(=O)OCc2ccccc2)CC1. The van der Waals surface area contributed by atoms with Crippen LogP contribution in [0.5, 0.6) is 0 Å². The topological polar surface area (TPSA) is 62.2 Å². The van der Waals surface area contributed by atoms with Crippen molar-refractivity contribution in [3.8, 4) is 0 Å². The third kappa shape index (κ3) is 10.4. The Bertz CT molecular complexity index is 1020. The minimum absolute atomic E-state index is 0.0623. The summed E-state index contributed by atoms with van der Waals surface area (Å²) in [4.78, 5) is 16.8. The van der Waals surface area contributed by atoms with Crippen LogP contribution in [0.2, 0.25) is 0 Å². The normalized spacial score (nSPS) is 17.2. The summed E-state index contributed by atoms with van der Waals surface area (Å²) in [6.07, 6.45) is 6.58. The molecule has 1 fully saturated rings. The van der Waals surface area contributed by atoms with Crippen LogP contribution in [0.15, 0.2) is 42.5 Å². The maximum Gasteiger partial charge on any atom is 0.410 e. The van der Waals surface area contributed by atoms with Gasteiger partial charge >= 0.3 is 6.09 Å². The Morgan fingerprint density at radius 1 is 0.925 bits per heavy atom. The molecule has 0 spiro atoms. The van der Waals surface area contributed by atoms with Crippen molar-refractivity contribution in [2.45, 2.75) is 83.6 Å². The van der Waals surface area contributed by atoms with Gasteiger partial charge in [0, 0.05) is 30.8 Å². The summed E-state index contributed by atoms with van der Waals surface area (Å²) in [6, 6.07) is 10.3. The third-order valence-electron chi connectivity index (χ3n) is 7.54. The maximum absolute atomic E-state index is 14.5. The van der Waals surface area contributed by atoms with Gasteiger partial charge in [-0.1, -0.05) is 50.1 Å². The molecule has 0 radical (unpaired) electrons. The van der Waals surface area contributed by atoms with Crippen molar-refractivity contribution in [3.63, 3.8) is 0 Å². The van der Waals surface area contributed by atoms with E-state index in [4.69, 9.17) is 14.6 Å². The van der Waals surface area contributed by atoms with E-state index in [0.717, 1.165) is 69.8 Å². The Hall–Kier alpha value is -2.62. The quantitative estimate of drug-likeness (QED) is 0.188. The number of hydrogen-bond donors (Lipinski definition) is 1. The standard InChI is InChI=1S/C31H43F3N2O4/c1-2-35(17-18-37)16-8-3-4-9-19-39-27-14-12-26(13-15-27)36(22-25-20-29(33)30(34)21-28(25)32)31(38)40-23-24-10-6-5-7-11-24/h5-7,10-11,20-21,26-27,37H,2-4,8-9,12-19,22-23H2,1H3. The van der Waals surface area contributed by atoms with Crippen LogP contribution < -0.4 is 0 Å². The fraction of sp³-hybridized carbons (Fsp3) is 0.581. The predicted octanol–water partition coefficient (Wildman–Crippen LogP) is 6.45. The van der Waals surface area contributed by atoms with Crippen LogP contribution in [-0.2, 0) is 22.6 Å². The second-order valence-electron chi connectivity index (χ2n) is 10.4. The van der Waals surface area contributed by atoms with E-state index < -0.39 is 23.5 Å². The van der Waals surface area contributed by atoms with Gasteiger partial charge in [-0.05, 0) is 63.2 Å². The average Bonchev–Trinajstić information content (AvgIpc) is 2.97. The molecule has 0 atom stereocenters. The van der Waals surface area contributed by atoms with Gasteiger partial charge in [-0.15, -0.1) is 0 Å². The van der Waals surface area contributed by atoms with Crippen LogP contribution in [0.3, 0.4) is 0 Å². The molecule has 0 aliphatic heterocycles. The number of carbonyl (C=O) groups is 1.